The van der Waals surface area contributed by atoms with Crippen LogP contribution in [0.25, 0.3) is 11.3 Å². The molecule has 5 amide bonds. The van der Waals surface area contributed by atoms with Gasteiger partial charge in [-0.25, -0.2) is 14.8 Å². The van der Waals surface area contributed by atoms with Gasteiger partial charge in [-0.3, -0.25) is 24.6 Å². The molecule has 1 aromatic heterocycles. The maximum absolute atomic E-state index is 13.5. The number of piperidine rings is 2. The smallest absolute Gasteiger partial charge is 0.317 e. The van der Waals surface area contributed by atoms with Crippen molar-refractivity contribution in [1.82, 2.24) is 35.3 Å². The summed E-state index contributed by atoms with van der Waals surface area (Å²) in [5.41, 5.74) is 7.30. The fraction of sp³-hybridized carbons (Fsp3) is 0.435. The molecule has 4 saturated heterocycles. The van der Waals surface area contributed by atoms with Gasteiger partial charge in [0.1, 0.15) is 6.04 Å². The number of aryl methyl sites for hydroxylation is 1. The van der Waals surface area contributed by atoms with Gasteiger partial charge in [0, 0.05) is 92.7 Å². The number of hydrogen-bond donors (Lipinski definition) is 4. The molecule has 8 rings (SSSR count). The second-order valence-electron chi connectivity index (χ2n) is 16.7. The average molecular weight is 829 g/mol. The van der Waals surface area contributed by atoms with Gasteiger partial charge in [-0.2, -0.15) is 0 Å². The van der Waals surface area contributed by atoms with Crippen molar-refractivity contribution in [1.29, 1.82) is 0 Å². The van der Waals surface area contributed by atoms with Crippen molar-refractivity contribution in [2.75, 3.05) is 67.9 Å². The molecular formula is C46H56N10O5. The van der Waals surface area contributed by atoms with Gasteiger partial charge in [0.25, 0.3) is 5.91 Å². The summed E-state index contributed by atoms with van der Waals surface area (Å²) in [6, 6.07) is 23.6. The Hall–Kier alpha value is -6.06. The molecule has 0 saturated carbocycles. The molecule has 4 aromatic rings. The lowest BCUT2D eigenvalue weighted by molar-refractivity contribution is -0.133. The Labute approximate surface area is 357 Å². The Kier molecular flexibility index (Phi) is 12.8. The van der Waals surface area contributed by atoms with E-state index in [9.17, 15) is 19.2 Å². The summed E-state index contributed by atoms with van der Waals surface area (Å²) < 4.78 is 5.77. The van der Waals surface area contributed by atoms with E-state index in [0.29, 0.717) is 68.8 Å². The van der Waals surface area contributed by atoms with E-state index in [4.69, 9.17) is 9.72 Å². The van der Waals surface area contributed by atoms with E-state index in [2.05, 4.69) is 66.4 Å². The highest BCUT2D eigenvalue weighted by molar-refractivity contribution is 6.01. The first-order valence-corrected chi connectivity index (χ1v) is 21.5. The average Bonchev–Trinajstić information content (AvgIpc) is 3.25. The number of amides is 5. The zero-order valence-electron chi connectivity index (χ0n) is 35.2. The number of hydrogen-bond acceptors (Lipinski definition) is 11. The van der Waals surface area contributed by atoms with Gasteiger partial charge in [0.15, 0.2) is 0 Å². The number of imide groups is 1. The standard InChI is InChI=1S/C46H56N10O5/c1-30(2)61-39-28-56(29-39)46(60)48-27-34-8-7-32(25-31(34)3)40-15-18-47-45(51-40)50-35-9-11-37(12-10-35)53-21-23-54(24-22-53)38-16-19-55(20-17-38)44(59)33-5-4-6-36(26-33)49-41-13-14-42(57)52-43(41)58/h4-12,15,18,25-26,30,38-39,41,49H,13-14,16-17,19-24,27-29H2,1-3H3,(H,48,60)(H,47,50,51)(H,52,57,58). The molecule has 3 aromatic carbocycles. The molecule has 1 unspecified atom stereocenters. The molecule has 0 aliphatic carbocycles. The highest BCUT2D eigenvalue weighted by Gasteiger charge is 2.33. The van der Waals surface area contributed by atoms with Crippen molar-refractivity contribution < 1.29 is 23.9 Å². The Morgan fingerprint density at radius 2 is 1.64 bits per heavy atom. The molecule has 320 valence electrons. The van der Waals surface area contributed by atoms with Crippen LogP contribution in [-0.2, 0) is 20.9 Å². The van der Waals surface area contributed by atoms with Crippen LogP contribution in [0.2, 0.25) is 0 Å². The van der Waals surface area contributed by atoms with Crippen molar-refractivity contribution >= 4 is 46.8 Å². The topological polar surface area (TPSA) is 164 Å². The van der Waals surface area contributed by atoms with Gasteiger partial charge in [-0.1, -0.05) is 18.2 Å². The summed E-state index contributed by atoms with van der Waals surface area (Å²) in [6.45, 7) is 13.0. The zero-order chi connectivity index (χ0) is 42.5. The van der Waals surface area contributed by atoms with Crippen molar-refractivity contribution in [3.8, 4) is 11.3 Å². The summed E-state index contributed by atoms with van der Waals surface area (Å²) in [7, 11) is 0. The van der Waals surface area contributed by atoms with Crippen molar-refractivity contribution in [2.24, 2.45) is 0 Å². The number of aromatic nitrogens is 2. The van der Waals surface area contributed by atoms with Crippen molar-refractivity contribution in [3.63, 3.8) is 0 Å². The predicted molar refractivity (Wildman–Crippen MR) is 235 cm³/mol. The number of piperazine rings is 1. The molecule has 0 bridgehead atoms. The summed E-state index contributed by atoms with van der Waals surface area (Å²) in [5.74, 6) is -0.0657. The summed E-state index contributed by atoms with van der Waals surface area (Å²) >= 11 is 0. The van der Waals surface area contributed by atoms with Gasteiger partial charge in [-0.05, 0) is 106 Å². The van der Waals surface area contributed by atoms with Crippen molar-refractivity contribution in [2.45, 2.75) is 77.3 Å². The number of anilines is 4. The maximum atomic E-state index is 13.5. The van der Waals surface area contributed by atoms with Gasteiger partial charge in [-0.15, -0.1) is 0 Å². The molecule has 1 atom stereocenters. The first kappa shape index (κ1) is 41.7. The minimum absolute atomic E-state index is 0.00139. The number of nitrogens with one attached hydrogen (secondary N) is 4. The highest BCUT2D eigenvalue weighted by atomic mass is 16.5. The third kappa shape index (κ3) is 10.3. The number of ether oxygens (including phenoxy) is 1. The first-order valence-electron chi connectivity index (χ1n) is 21.5. The second kappa shape index (κ2) is 18.7. The normalized spacial score (nSPS) is 19.1. The van der Waals surface area contributed by atoms with Gasteiger partial charge in [0.05, 0.1) is 31.0 Å². The Bertz CT molecular complexity index is 2210. The van der Waals surface area contributed by atoms with Gasteiger partial charge >= 0.3 is 6.03 Å². The van der Waals surface area contributed by atoms with Crippen LogP contribution in [0.1, 0.15) is 61.0 Å². The molecule has 4 N–H and O–H groups in total. The number of likely N-dealkylation sites (tertiary alicyclic amines) is 2. The lowest BCUT2D eigenvalue weighted by Gasteiger charge is -2.43. The zero-order valence-corrected chi connectivity index (χ0v) is 35.2. The fourth-order valence-corrected chi connectivity index (χ4v) is 8.61. The predicted octanol–water partition coefficient (Wildman–Crippen LogP) is 5.16. The number of benzene rings is 3. The minimum atomic E-state index is -0.494. The summed E-state index contributed by atoms with van der Waals surface area (Å²) in [5, 5.41) is 12.0. The molecular weight excluding hydrogens is 773 g/mol. The Morgan fingerprint density at radius 3 is 2.36 bits per heavy atom. The number of urea groups is 1. The fourth-order valence-electron chi connectivity index (χ4n) is 8.61. The number of nitrogens with zero attached hydrogens (tertiary/aromatic N) is 6. The van der Waals surface area contributed by atoms with Gasteiger partial charge < -0.3 is 35.4 Å². The first-order chi connectivity index (χ1) is 29.5. The SMILES string of the molecule is Cc1cc(-c2ccnc(Nc3ccc(N4CCN(C5CCN(C(=O)c6cccc(NC7CCC(=O)NC7=O)c6)CC5)CC4)cc3)n2)ccc1CNC(=O)N1CC(OC(C)C)C1. The number of carbonyl (C=O) groups excluding carboxylic acids is 4. The highest BCUT2D eigenvalue weighted by Crippen LogP contribution is 2.27. The summed E-state index contributed by atoms with van der Waals surface area (Å²) in [4.78, 5) is 67.8. The van der Waals surface area contributed by atoms with E-state index in [1.54, 1.807) is 17.2 Å². The molecule has 4 fully saturated rings. The minimum Gasteiger partial charge on any atom is -0.374 e. The van der Waals surface area contributed by atoms with Crippen LogP contribution >= 0.6 is 0 Å². The molecule has 61 heavy (non-hydrogen) atoms. The lowest BCUT2D eigenvalue weighted by Crippen LogP contribution is -2.58. The number of carbonyl (C=O) groups is 4. The third-order valence-electron chi connectivity index (χ3n) is 12.1. The van der Waals surface area contributed by atoms with Crippen LogP contribution in [0.4, 0.5) is 27.8 Å². The van der Waals surface area contributed by atoms with Crippen LogP contribution in [0.15, 0.2) is 79.0 Å². The molecule has 5 heterocycles. The molecule has 4 aliphatic rings. The quantitative estimate of drug-likeness (QED) is 0.140. The largest absolute Gasteiger partial charge is 0.374 e. The lowest BCUT2D eigenvalue weighted by atomic mass is 10.0. The Balaban J connectivity index is 0.772. The molecule has 0 radical (unpaired) electrons. The molecule has 15 heteroatoms. The third-order valence-corrected chi connectivity index (χ3v) is 12.1. The van der Waals surface area contributed by atoms with E-state index >= 15 is 0 Å². The van der Waals surface area contributed by atoms with Crippen LogP contribution < -0.4 is 26.2 Å². The Morgan fingerprint density at radius 1 is 0.869 bits per heavy atom. The summed E-state index contributed by atoms with van der Waals surface area (Å²) in [6.07, 6.45) is 4.63. The van der Waals surface area contributed by atoms with E-state index in [-0.39, 0.29) is 36.0 Å². The van der Waals surface area contributed by atoms with Gasteiger partial charge in [0.2, 0.25) is 17.8 Å². The maximum Gasteiger partial charge on any atom is 0.317 e. The van der Waals surface area contributed by atoms with E-state index in [1.165, 1.54) is 5.69 Å². The molecule has 0 spiro atoms. The second-order valence-corrected chi connectivity index (χ2v) is 16.7. The number of rotatable bonds is 12. The molecule has 4 aliphatic heterocycles. The van der Waals surface area contributed by atoms with Crippen LogP contribution in [0.3, 0.4) is 0 Å². The van der Waals surface area contributed by atoms with E-state index < -0.39 is 6.04 Å². The van der Waals surface area contributed by atoms with Crippen LogP contribution in [-0.4, -0.2) is 125 Å². The van der Waals surface area contributed by atoms with E-state index in [0.717, 1.165) is 67.1 Å². The monoisotopic (exact) mass is 828 g/mol. The molecule has 15 nitrogen and oxygen atoms in total. The van der Waals surface area contributed by atoms with Crippen LogP contribution in [0, 0.1) is 6.92 Å². The van der Waals surface area contributed by atoms with E-state index in [1.807, 2.05) is 62.1 Å². The van der Waals surface area contributed by atoms with Crippen molar-refractivity contribution in [3.05, 3.63) is 95.7 Å². The van der Waals surface area contributed by atoms with Crippen LogP contribution in [0.5, 0.6) is 0 Å².